The van der Waals surface area contributed by atoms with Gasteiger partial charge in [-0.2, -0.15) is 0 Å². The van der Waals surface area contributed by atoms with Gasteiger partial charge in [-0.3, -0.25) is 14.4 Å². The number of methoxy groups -OCH3 is 1. The molecular weight excluding hydrogens is 695 g/mol. The summed E-state index contributed by atoms with van der Waals surface area (Å²) in [6.07, 6.45) is 1.59. The van der Waals surface area contributed by atoms with Gasteiger partial charge in [0.25, 0.3) is 5.91 Å². The van der Waals surface area contributed by atoms with Crippen LogP contribution in [0.4, 0.5) is 11.4 Å². The molecule has 54 heavy (non-hydrogen) atoms. The van der Waals surface area contributed by atoms with Crippen molar-refractivity contribution < 1.29 is 29.0 Å². The Balaban J connectivity index is 1.15. The second-order valence-corrected chi connectivity index (χ2v) is 20.6. The lowest BCUT2D eigenvalue weighted by atomic mass is 9.82. The quantitative estimate of drug-likeness (QED) is 0.214. The van der Waals surface area contributed by atoms with Gasteiger partial charge in [-0.05, 0) is 65.4 Å². The van der Waals surface area contributed by atoms with Crippen LogP contribution >= 0.6 is 0 Å². The monoisotopic (exact) mass is 743 g/mol. The summed E-state index contributed by atoms with van der Waals surface area (Å²) in [4.78, 5) is 47.6. The summed E-state index contributed by atoms with van der Waals surface area (Å²) in [5.41, 5.74) is 4.34. The van der Waals surface area contributed by atoms with Crippen molar-refractivity contribution >= 4 is 42.4 Å². The maximum atomic E-state index is 15.2. The van der Waals surface area contributed by atoms with E-state index in [-0.39, 0.29) is 48.3 Å². The molecule has 4 aliphatic heterocycles. The number of aliphatic hydroxyl groups is 1. The number of fused-ring (bicyclic) bond motifs is 3. The molecular formula is C44H49N3O6Si. The van der Waals surface area contributed by atoms with Gasteiger partial charge in [0.15, 0.2) is 5.60 Å². The van der Waals surface area contributed by atoms with Crippen LogP contribution in [0, 0.1) is 5.92 Å². The van der Waals surface area contributed by atoms with E-state index in [1.807, 2.05) is 87.5 Å². The number of hydrogen-bond acceptors (Lipinski definition) is 6. The molecule has 4 aromatic rings. The number of amides is 3. The van der Waals surface area contributed by atoms with Gasteiger partial charge in [-0.25, -0.2) is 0 Å². The van der Waals surface area contributed by atoms with Gasteiger partial charge >= 0.3 is 0 Å². The molecule has 4 heterocycles. The van der Waals surface area contributed by atoms with E-state index >= 15 is 4.79 Å². The van der Waals surface area contributed by atoms with E-state index in [9.17, 15) is 14.7 Å². The van der Waals surface area contributed by atoms with Crippen molar-refractivity contribution in [2.45, 2.75) is 82.1 Å². The van der Waals surface area contributed by atoms with Crippen molar-refractivity contribution in [3.05, 3.63) is 119 Å². The second-order valence-electron chi connectivity index (χ2n) is 15.9. The van der Waals surface area contributed by atoms with E-state index in [4.69, 9.17) is 9.47 Å². The third kappa shape index (κ3) is 5.95. The van der Waals surface area contributed by atoms with Crippen LogP contribution < -0.4 is 19.7 Å². The highest BCUT2D eigenvalue weighted by molar-refractivity contribution is 6.91. The summed E-state index contributed by atoms with van der Waals surface area (Å²) in [6, 6.07) is 31.9. The standard InChI is InChI=1S/C44H49N3O6Si/c1-29-42(54(3,4)36-21-19-35(52-2)20-22-36)39(25-41(50)46-27-32-11-6-5-10-31(32)24-34(46)28-48)53-44(29)37-12-7-8-13-38(37)47(43(44)51)26-30-15-17-33(18-16-30)45-23-9-14-40(45)49/h5-8,10-13,15-22,29,34,39,42,48H,9,14,23-28H2,1-4H3/t29-,34+,39+,42-,44+/m1/s1. The molecule has 2 saturated heterocycles. The molecule has 10 heteroatoms. The summed E-state index contributed by atoms with van der Waals surface area (Å²) in [7, 11) is -0.818. The van der Waals surface area contributed by atoms with E-state index < -0.39 is 19.8 Å². The zero-order chi connectivity index (χ0) is 37.8. The molecule has 1 spiro atoms. The third-order valence-corrected chi connectivity index (χ3v) is 17.0. The Kier molecular flexibility index (Phi) is 9.48. The molecule has 0 aliphatic carbocycles. The molecule has 1 N–H and O–H groups in total. The number of para-hydroxylation sites is 1. The Morgan fingerprint density at radius 1 is 0.944 bits per heavy atom. The second kappa shape index (κ2) is 14.1. The van der Waals surface area contributed by atoms with Crippen LogP contribution in [0.15, 0.2) is 97.1 Å². The maximum Gasteiger partial charge on any atom is 0.264 e. The number of ether oxygens (including phenoxy) is 2. The zero-order valence-corrected chi connectivity index (χ0v) is 32.5. The lowest BCUT2D eigenvalue weighted by Crippen LogP contribution is -2.52. The molecule has 5 atom stereocenters. The number of carbonyl (C=O) groups excluding carboxylic acids is 3. The predicted molar refractivity (Wildman–Crippen MR) is 211 cm³/mol. The van der Waals surface area contributed by atoms with Crippen LogP contribution in [0.1, 0.15) is 48.4 Å². The van der Waals surface area contributed by atoms with E-state index in [0.717, 1.165) is 52.3 Å². The first-order valence-corrected chi connectivity index (χ1v) is 22.2. The molecule has 0 radical (unpaired) electrons. The molecule has 280 valence electrons. The largest absolute Gasteiger partial charge is 0.497 e. The molecule has 3 amide bonds. The highest BCUT2D eigenvalue weighted by Gasteiger charge is 2.66. The molecule has 0 unspecified atom stereocenters. The molecule has 0 aromatic heterocycles. The van der Waals surface area contributed by atoms with Crippen molar-refractivity contribution in [2.75, 3.05) is 30.1 Å². The minimum absolute atomic E-state index is 0.0745. The van der Waals surface area contributed by atoms with Crippen molar-refractivity contribution in [1.82, 2.24) is 4.90 Å². The lowest BCUT2D eigenvalue weighted by Gasteiger charge is -2.39. The summed E-state index contributed by atoms with van der Waals surface area (Å²) >= 11 is 0. The SMILES string of the molecule is COc1ccc([Si](C)(C)[C@H]2[C@H](CC(=O)N3Cc4ccccc4C[C@H]3CO)O[C@@]3(C(=O)N(Cc4ccc(N5CCCC5=O)cc4)c4ccccc43)[C@@H]2C)cc1. The molecule has 0 bridgehead atoms. The normalized spacial score (nSPS) is 25.0. The van der Waals surface area contributed by atoms with Gasteiger partial charge in [0.2, 0.25) is 11.8 Å². The highest BCUT2D eigenvalue weighted by atomic mass is 28.3. The topological polar surface area (TPSA) is 99.6 Å². The Bertz CT molecular complexity index is 2070. The summed E-state index contributed by atoms with van der Waals surface area (Å²) < 4.78 is 12.8. The van der Waals surface area contributed by atoms with Gasteiger partial charge in [0.05, 0.1) is 52.6 Å². The van der Waals surface area contributed by atoms with Crippen LogP contribution in [0.25, 0.3) is 0 Å². The molecule has 4 aromatic carbocycles. The van der Waals surface area contributed by atoms with Gasteiger partial charge in [0, 0.05) is 36.7 Å². The minimum Gasteiger partial charge on any atom is -0.497 e. The lowest BCUT2D eigenvalue weighted by molar-refractivity contribution is -0.151. The summed E-state index contributed by atoms with van der Waals surface area (Å²) in [5.74, 6) is 0.473. The number of hydrogen-bond donors (Lipinski definition) is 1. The Hall–Kier alpha value is -4.77. The van der Waals surface area contributed by atoms with Crippen LogP contribution in [0.3, 0.4) is 0 Å². The van der Waals surface area contributed by atoms with Crippen molar-refractivity contribution in [3.8, 4) is 5.75 Å². The van der Waals surface area contributed by atoms with Gasteiger partial charge in [-0.15, -0.1) is 0 Å². The average molecular weight is 744 g/mol. The van der Waals surface area contributed by atoms with Crippen LogP contribution in [0.2, 0.25) is 18.6 Å². The summed E-state index contributed by atoms with van der Waals surface area (Å²) in [6.45, 7) is 8.15. The molecule has 0 saturated carbocycles. The van der Waals surface area contributed by atoms with Crippen LogP contribution in [0.5, 0.6) is 5.75 Å². The van der Waals surface area contributed by atoms with Crippen molar-refractivity contribution in [2.24, 2.45) is 5.92 Å². The first kappa shape index (κ1) is 36.2. The van der Waals surface area contributed by atoms with Crippen LogP contribution in [-0.4, -0.2) is 68.2 Å². The smallest absolute Gasteiger partial charge is 0.264 e. The number of rotatable bonds is 9. The molecule has 9 nitrogen and oxygen atoms in total. The predicted octanol–water partition coefficient (Wildman–Crippen LogP) is 5.92. The number of anilines is 2. The highest BCUT2D eigenvalue weighted by Crippen LogP contribution is 2.60. The van der Waals surface area contributed by atoms with Gasteiger partial charge < -0.3 is 29.3 Å². The minimum atomic E-state index is -2.48. The van der Waals surface area contributed by atoms with Crippen molar-refractivity contribution in [1.29, 1.82) is 0 Å². The van der Waals surface area contributed by atoms with Crippen molar-refractivity contribution in [3.63, 3.8) is 0 Å². The Labute approximate surface area is 318 Å². The van der Waals surface area contributed by atoms with E-state index in [1.54, 1.807) is 7.11 Å². The Morgan fingerprint density at radius 3 is 2.33 bits per heavy atom. The molecule has 2 fully saturated rings. The zero-order valence-electron chi connectivity index (χ0n) is 31.5. The molecule has 4 aliphatic rings. The van der Waals surface area contributed by atoms with Gasteiger partial charge in [0.1, 0.15) is 5.75 Å². The first-order valence-electron chi connectivity index (χ1n) is 19.2. The third-order valence-electron chi connectivity index (χ3n) is 12.7. The fourth-order valence-corrected chi connectivity index (χ4v) is 13.9. The Morgan fingerprint density at radius 2 is 1.65 bits per heavy atom. The maximum absolute atomic E-state index is 15.2. The summed E-state index contributed by atoms with van der Waals surface area (Å²) in [5, 5.41) is 11.7. The number of benzene rings is 4. The average Bonchev–Trinajstić information content (AvgIpc) is 3.83. The first-order chi connectivity index (χ1) is 26.1. The van der Waals surface area contributed by atoms with Gasteiger partial charge in [-0.1, -0.05) is 91.9 Å². The van der Waals surface area contributed by atoms with E-state index in [2.05, 4.69) is 44.3 Å². The number of aliphatic hydroxyl groups excluding tert-OH is 1. The number of nitrogens with zero attached hydrogens (tertiary/aromatic N) is 3. The molecule has 8 rings (SSSR count). The number of carbonyl (C=O) groups is 3. The van der Waals surface area contributed by atoms with E-state index in [1.165, 1.54) is 5.19 Å². The van der Waals surface area contributed by atoms with Crippen LogP contribution in [-0.2, 0) is 44.2 Å². The fraction of sp³-hybridized carbons (Fsp3) is 0.386. The fourth-order valence-electron chi connectivity index (χ4n) is 9.84. The van der Waals surface area contributed by atoms with E-state index in [0.29, 0.717) is 25.9 Å².